The molecular weight excluding hydrogens is 436 g/mol. The standard InChI is InChI=1S/C24H30N6O4/c1-24-15-34-13-11-30(24)21-19(29(22(24)31)10-3-12-33-2)14-25-20(28-21)16-4-6-17(7-5-16)26-23(32)27-18-8-9-18/h4-7,14,18H,3,8-13,15H2,1-2H3,(H2,26,27,32)/t24-/m0/s1. The maximum absolute atomic E-state index is 13.5. The summed E-state index contributed by atoms with van der Waals surface area (Å²) in [5.41, 5.74) is 1.43. The van der Waals surface area contributed by atoms with Crippen LogP contribution in [0, 0.1) is 0 Å². The Morgan fingerprint density at radius 1 is 1.29 bits per heavy atom. The number of nitrogens with zero attached hydrogens (tertiary/aromatic N) is 4. The number of hydrogen-bond acceptors (Lipinski definition) is 7. The summed E-state index contributed by atoms with van der Waals surface area (Å²) in [5, 5.41) is 5.76. The summed E-state index contributed by atoms with van der Waals surface area (Å²) < 4.78 is 10.9. The first kappa shape index (κ1) is 22.5. The second-order valence-corrected chi connectivity index (χ2v) is 9.13. The molecule has 10 nitrogen and oxygen atoms in total. The average molecular weight is 467 g/mol. The van der Waals surface area contributed by atoms with Crippen LogP contribution in [0.2, 0.25) is 0 Å². The first-order valence-electron chi connectivity index (χ1n) is 11.7. The van der Waals surface area contributed by atoms with Gasteiger partial charge in [-0.1, -0.05) is 0 Å². The third-order valence-corrected chi connectivity index (χ3v) is 6.48. The number of morpholine rings is 1. The maximum Gasteiger partial charge on any atom is 0.319 e. The second-order valence-electron chi connectivity index (χ2n) is 9.13. The van der Waals surface area contributed by atoms with Crippen LogP contribution in [-0.4, -0.2) is 73.5 Å². The van der Waals surface area contributed by atoms with Crippen molar-refractivity contribution in [3.05, 3.63) is 30.5 Å². The van der Waals surface area contributed by atoms with Gasteiger partial charge in [-0.2, -0.15) is 0 Å². The Balaban J connectivity index is 1.42. The van der Waals surface area contributed by atoms with Gasteiger partial charge in [0.05, 0.1) is 19.4 Å². The summed E-state index contributed by atoms with van der Waals surface area (Å²) in [6.07, 6.45) is 4.52. The highest BCUT2D eigenvalue weighted by molar-refractivity contribution is 6.07. The van der Waals surface area contributed by atoms with Crippen LogP contribution < -0.4 is 20.4 Å². The van der Waals surface area contributed by atoms with Crippen molar-refractivity contribution in [3.63, 3.8) is 0 Å². The normalized spacial score (nSPS) is 21.6. The van der Waals surface area contributed by atoms with Crippen molar-refractivity contribution in [1.82, 2.24) is 15.3 Å². The number of methoxy groups -OCH3 is 1. The van der Waals surface area contributed by atoms with E-state index < -0.39 is 5.54 Å². The average Bonchev–Trinajstić information content (AvgIpc) is 3.65. The molecule has 34 heavy (non-hydrogen) atoms. The fourth-order valence-corrected chi connectivity index (χ4v) is 4.43. The summed E-state index contributed by atoms with van der Waals surface area (Å²) in [7, 11) is 1.65. The number of hydrogen-bond donors (Lipinski definition) is 2. The minimum atomic E-state index is -0.813. The van der Waals surface area contributed by atoms with Crippen molar-refractivity contribution < 1.29 is 19.1 Å². The second kappa shape index (κ2) is 9.19. The number of amides is 3. The van der Waals surface area contributed by atoms with E-state index in [2.05, 4.69) is 15.6 Å². The smallest absolute Gasteiger partial charge is 0.319 e. The van der Waals surface area contributed by atoms with Gasteiger partial charge in [0.2, 0.25) is 0 Å². The van der Waals surface area contributed by atoms with E-state index in [0.717, 1.165) is 24.2 Å². The molecule has 1 aromatic carbocycles. The van der Waals surface area contributed by atoms with E-state index in [1.165, 1.54) is 0 Å². The Bertz CT molecular complexity index is 1070. The van der Waals surface area contributed by atoms with E-state index in [9.17, 15) is 9.59 Å². The highest BCUT2D eigenvalue weighted by Crippen LogP contribution is 2.41. The quantitative estimate of drug-likeness (QED) is 0.603. The van der Waals surface area contributed by atoms with Gasteiger partial charge in [0.25, 0.3) is 5.91 Å². The number of benzene rings is 1. The Morgan fingerprint density at radius 2 is 2.09 bits per heavy atom. The third-order valence-electron chi connectivity index (χ3n) is 6.48. The molecule has 2 N–H and O–H groups in total. The molecule has 0 unspecified atom stereocenters. The lowest BCUT2D eigenvalue weighted by Crippen LogP contribution is -2.67. The minimum absolute atomic E-state index is 0.00736. The summed E-state index contributed by atoms with van der Waals surface area (Å²) in [4.78, 5) is 38.7. The molecule has 2 aromatic rings. The predicted molar refractivity (Wildman–Crippen MR) is 128 cm³/mol. The lowest BCUT2D eigenvalue weighted by Gasteiger charge is -2.50. The lowest BCUT2D eigenvalue weighted by molar-refractivity contribution is -0.127. The molecule has 2 fully saturated rings. The molecule has 3 aliphatic rings. The number of rotatable bonds is 7. The zero-order valence-electron chi connectivity index (χ0n) is 19.5. The molecule has 0 spiro atoms. The predicted octanol–water partition coefficient (Wildman–Crippen LogP) is 2.41. The van der Waals surface area contributed by atoms with E-state index in [-0.39, 0.29) is 11.9 Å². The van der Waals surface area contributed by atoms with Crippen molar-refractivity contribution in [3.8, 4) is 11.4 Å². The van der Waals surface area contributed by atoms with Crippen LogP contribution in [0.15, 0.2) is 30.5 Å². The van der Waals surface area contributed by atoms with Crippen molar-refractivity contribution in [1.29, 1.82) is 0 Å². The van der Waals surface area contributed by atoms with Crippen LogP contribution in [0.4, 0.5) is 22.0 Å². The Hall–Kier alpha value is -3.24. The largest absolute Gasteiger partial charge is 0.385 e. The number of anilines is 3. The molecular formula is C24H30N6O4. The monoisotopic (exact) mass is 466 g/mol. The van der Waals surface area contributed by atoms with Gasteiger partial charge >= 0.3 is 6.03 Å². The van der Waals surface area contributed by atoms with E-state index in [4.69, 9.17) is 14.5 Å². The zero-order chi connectivity index (χ0) is 23.7. The number of aromatic nitrogens is 2. The van der Waals surface area contributed by atoms with Crippen LogP contribution in [0.3, 0.4) is 0 Å². The van der Waals surface area contributed by atoms with Crippen LogP contribution in [0.25, 0.3) is 11.4 Å². The van der Waals surface area contributed by atoms with Crippen LogP contribution in [-0.2, 0) is 14.3 Å². The van der Waals surface area contributed by atoms with E-state index in [1.54, 1.807) is 18.2 Å². The van der Waals surface area contributed by atoms with Gasteiger partial charge in [-0.3, -0.25) is 4.79 Å². The molecule has 3 heterocycles. The molecule has 0 radical (unpaired) electrons. The number of carbonyl (C=O) groups is 2. The van der Waals surface area contributed by atoms with E-state index in [1.807, 2.05) is 36.1 Å². The molecule has 0 bridgehead atoms. The van der Waals surface area contributed by atoms with Crippen molar-refractivity contribution in [2.24, 2.45) is 0 Å². The van der Waals surface area contributed by atoms with Crippen molar-refractivity contribution in [2.45, 2.75) is 37.8 Å². The SMILES string of the molecule is COCCCN1C(=O)[C@]2(C)COCCN2c2nc(-c3ccc(NC(=O)NC4CC4)cc3)ncc21. The fraction of sp³-hybridized carbons (Fsp3) is 0.500. The molecule has 1 aromatic heterocycles. The van der Waals surface area contributed by atoms with Gasteiger partial charge in [0.1, 0.15) is 11.2 Å². The molecule has 5 rings (SSSR count). The van der Waals surface area contributed by atoms with Crippen LogP contribution in [0.1, 0.15) is 26.2 Å². The first-order valence-corrected chi connectivity index (χ1v) is 11.7. The third kappa shape index (κ3) is 4.30. The Kier molecular flexibility index (Phi) is 6.09. The number of ether oxygens (including phenoxy) is 2. The highest BCUT2D eigenvalue weighted by Gasteiger charge is 2.50. The molecule has 180 valence electrons. The van der Waals surface area contributed by atoms with Crippen molar-refractivity contribution in [2.75, 3.05) is 55.1 Å². The van der Waals surface area contributed by atoms with Gasteiger partial charge in [-0.15, -0.1) is 0 Å². The van der Waals surface area contributed by atoms with Gasteiger partial charge in [0, 0.05) is 44.1 Å². The molecule has 1 atom stereocenters. The molecule has 2 aliphatic heterocycles. The summed E-state index contributed by atoms with van der Waals surface area (Å²) >= 11 is 0. The van der Waals surface area contributed by atoms with Gasteiger partial charge < -0.3 is 29.9 Å². The molecule has 1 aliphatic carbocycles. The Morgan fingerprint density at radius 3 is 2.82 bits per heavy atom. The van der Waals surface area contributed by atoms with Crippen LogP contribution in [0.5, 0.6) is 0 Å². The molecule has 3 amide bonds. The summed E-state index contributed by atoms with van der Waals surface area (Å²) in [6.45, 7) is 4.43. The summed E-state index contributed by atoms with van der Waals surface area (Å²) in [5.74, 6) is 1.29. The first-order chi connectivity index (χ1) is 16.5. The van der Waals surface area contributed by atoms with Crippen LogP contribution >= 0.6 is 0 Å². The lowest BCUT2D eigenvalue weighted by atomic mass is 9.93. The minimum Gasteiger partial charge on any atom is -0.385 e. The number of carbonyl (C=O) groups excluding carboxylic acids is 2. The van der Waals surface area contributed by atoms with E-state index >= 15 is 0 Å². The highest BCUT2D eigenvalue weighted by atomic mass is 16.5. The van der Waals surface area contributed by atoms with Gasteiger partial charge in [0.15, 0.2) is 11.6 Å². The molecule has 10 heteroatoms. The van der Waals surface area contributed by atoms with E-state index in [0.29, 0.717) is 62.6 Å². The Labute approximate surface area is 198 Å². The topological polar surface area (TPSA) is 109 Å². The fourth-order valence-electron chi connectivity index (χ4n) is 4.43. The number of nitrogens with one attached hydrogen (secondary N) is 2. The number of fused-ring (bicyclic) bond motifs is 3. The molecule has 1 saturated carbocycles. The maximum atomic E-state index is 13.5. The van der Waals surface area contributed by atoms with Crippen molar-refractivity contribution >= 4 is 29.1 Å². The molecule has 1 saturated heterocycles. The number of urea groups is 1. The van der Waals surface area contributed by atoms with Gasteiger partial charge in [-0.05, 0) is 50.5 Å². The van der Waals surface area contributed by atoms with Gasteiger partial charge in [-0.25, -0.2) is 14.8 Å². The zero-order valence-corrected chi connectivity index (χ0v) is 19.5. The summed E-state index contributed by atoms with van der Waals surface area (Å²) in [6, 6.07) is 7.56.